The molecular formula is C12H20O3S. The van der Waals surface area contributed by atoms with Gasteiger partial charge in [0.05, 0.1) is 6.61 Å². The molecular weight excluding hydrogens is 224 g/mol. The second-order valence-corrected chi connectivity index (χ2v) is 7.01. The van der Waals surface area contributed by atoms with Crippen LogP contribution in [0.25, 0.3) is 0 Å². The largest absolute Gasteiger partial charge is 0.276 e. The van der Waals surface area contributed by atoms with Crippen molar-refractivity contribution in [1.82, 2.24) is 0 Å². The Morgan fingerprint density at radius 1 is 1.50 bits per heavy atom. The lowest BCUT2D eigenvalue weighted by atomic mass is 9.98. The standard InChI is InChI=1S/C12H20O3S/c1-10(2)9-15-16(13,14)12(4)7-5-11(3)6-8-12/h5-7,10H,8-9H2,1-4H3. The van der Waals surface area contributed by atoms with Gasteiger partial charge in [-0.05, 0) is 26.2 Å². The van der Waals surface area contributed by atoms with Crippen molar-refractivity contribution in [2.24, 2.45) is 5.92 Å². The summed E-state index contributed by atoms with van der Waals surface area (Å²) in [5.74, 6) is 0.211. The SMILES string of the molecule is CC1=CCC(C)(S(=O)(=O)OCC(C)C)C=C1. The number of rotatable bonds is 4. The van der Waals surface area contributed by atoms with E-state index in [1.54, 1.807) is 13.0 Å². The van der Waals surface area contributed by atoms with E-state index in [9.17, 15) is 8.42 Å². The highest BCUT2D eigenvalue weighted by Gasteiger charge is 2.38. The van der Waals surface area contributed by atoms with Crippen molar-refractivity contribution in [3.05, 3.63) is 23.8 Å². The van der Waals surface area contributed by atoms with E-state index in [1.165, 1.54) is 0 Å². The van der Waals surface area contributed by atoms with Crippen molar-refractivity contribution < 1.29 is 12.6 Å². The van der Waals surface area contributed by atoms with Gasteiger partial charge >= 0.3 is 0 Å². The van der Waals surface area contributed by atoms with Crippen molar-refractivity contribution in [1.29, 1.82) is 0 Å². The summed E-state index contributed by atoms with van der Waals surface area (Å²) >= 11 is 0. The van der Waals surface area contributed by atoms with Crippen LogP contribution in [-0.2, 0) is 14.3 Å². The van der Waals surface area contributed by atoms with Crippen molar-refractivity contribution in [3.8, 4) is 0 Å². The van der Waals surface area contributed by atoms with Gasteiger partial charge in [-0.2, -0.15) is 8.42 Å². The Hall–Kier alpha value is -0.610. The van der Waals surface area contributed by atoms with Crippen LogP contribution in [0.4, 0.5) is 0 Å². The van der Waals surface area contributed by atoms with Crippen LogP contribution in [0.5, 0.6) is 0 Å². The van der Waals surface area contributed by atoms with Crippen LogP contribution < -0.4 is 0 Å². The van der Waals surface area contributed by atoms with Gasteiger partial charge in [-0.15, -0.1) is 0 Å². The molecule has 0 aromatic rings. The molecule has 92 valence electrons. The predicted octanol–water partition coefficient (Wildman–Crippen LogP) is 2.65. The first-order valence-electron chi connectivity index (χ1n) is 5.52. The highest BCUT2D eigenvalue weighted by atomic mass is 32.2. The van der Waals surface area contributed by atoms with Crippen LogP contribution in [-0.4, -0.2) is 19.8 Å². The van der Waals surface area contributed by atoms with Crippen LogP contribution in [0, 0.1) is 5.92 Å². The molecule has 0 aromatic heterocycles. The van der Waals surface area contributed by atoms with Gasteiger partial charge in [-0.3, -0.25) is 4.18 Å². The zero-order valence-electron chi connectivity index (χ0n) is 10.4. The third-order valence-electron chi connectivity index (χ3n) is 2.66. The second kappa shape index (κ2) is 4.72. The molecule has 0 radical (unpaired) electrons. The van der Waals surface area contributed by atoms with Gasteiger partial charge in [0.15, 0.2) is 0 Å². The minimum atomic E-state index is -3.53. The van der Waals surface area contributed by atoms with Gasteiger partial charge in [0.1, 0.15) is 4.75 Å². The minimum absolute atomic E-state index is 0.211. The summed E-state index contributed by atoms with van der Waals surface area (Å²) in [5, 5.41) is 0. The lowest BCUT2D eigenvalue weighted by Crippen LogP contribution is -2.36. The molecule has 0 amide bonds. The van der Waals surface area contributed by atoms with Crippen molar-refractivity contribution in [3.63, 3.8) is 0 Å². The first-order chi connectivity index (χ1) is 7.27. The van der Waals surface area contributed by atoms with Crippen molar-refractivity contribution in [2.75, 3.05) is 6.61 Å². The molecule has 1 rings (SSSR count). The van der Waals surface area contributed by atoms with Crippen LogP contribution in [0.2, 0.25) is 0 Å². The topological polar surface area (TPSA) is 43.4 Å². The Morgan fingerprint density at radius 2 is 2.12 bits per heavy atom. The van der Waals surface area contributed by atoms with E-state index in [-0.39, 0.29) is 12.5 Å². The molecule has 0 fully saturated rings. The normalized spacial score (nSPS) is 25.9. The molecule has 4 heteroatoms. The van der Waals surface area contributed by atoms with E-state index in [0.29, 0.717) is 6.42 Å². The number of allylic oxidation sites excluding steroid dienone is 3. The molecule has 1 unspecified atom stereocenters. The lowest BCUT2D eigenvalue weighted by Gasteiger charge is -2.27. The highest BCUT2D eigenvalue weighted by Crippen LogP contribution is 2.30. The summed E-state index contributed by atoms with van der Waals surface area (Å²) < 4.78 is 28.2. The van der Waals surface area contributed by atoms with Gasteiger partial charge in [0, 0.05) is 0 Å². The summed E-state index contributed by atoms with van der Waals surface area (Å²) in [6, 6.07) is 0. The molecule has 0 spiro atoms. The van der Waals surface area contributed by atoms with Gasteiger partial charge < -0.3 is 0 Å². The molecule has 16 heavy (non-hydrogen) atoms. The van der Waals surface area contributed by atoms with Crippen molar-refractivity contribution in [2.45, 2.75) is 38.9 Å². The first kappa shape index (κ1) is 13.5. The Balaban J connectivity index is 2.80. The van der Waals surface area contributed by atoms with E-state index < -0.39 is 14.9 Å². The van der Waals surface area contributed by atoms with E-state index in [2.05, 4.69) is 0 Å². The van der Waals surface area contributed by atoms with E-state index in [0.717, 1.165) is 5.57 Å². The Labute approximate surface area is 98.3 Å². The van der Waals surface area contributed by atoms with Crippen molar-refractivity contribution >= 4 is 10.1 Å². The average Bonchev–Trinajstić information content (AvgIpc) is 2.20. The molecule has 1 atom stereocenters. The molecule has 0 saturated carbocycles. The van der Waals surface area contributed by atoms with E-state index in [4.69, 9.17) is 4.18 Å². The molecule has 0 aromatic carbocycles. The van der Waals surface area contributed by atoms with E-state index >= 15 is 0 Å². The molecule has 0 aliphatic heterocycles. The maximum Gasteiger partial charge on any atom is 0.276 e. The van der Waals surface area contributed by atoms with Gasteiger partial charge in [0.2, 0.25) is 0 Å². The summed E-state index contributed by atoms with van der Waals surface area (Å²) in [6.45, 7) is 7.76. The fourth-order valence-electron chi connectivity index (χ4n) is 1.35. The van der Waals surface area contributed by atoms with Crippen LogP contribution in [0.3, 0.4) is 0 Å². The average molecular weight is 244 g/mol. The molecule has 0 bridgehead atoms. The monoisotopic (exact) mass is 244 g/mol. The molecule has 1 aliphatic carbocycles. The third kappa shape index (κ3) is 2.95. The van der Waals surface area contributed by atoms with Gasteiger partial charge in [-0.1, -0.05) is 37.6 Å². The fourth-order valence-corrected chi connectivity index (χ4v) is 2.60. The number of hydrogen-bond acceptors (Lipinski definition) is 3. The Kier molecular flexibility index (Phi) is 3.97. The maximum absolute atomic E-state index is 12.0. The summed E-state index contributed by atoms with van der Waals surface area (Å²) in [6.07, 6.45) is 5.96. The van der Waals surface area contributed by atoms with Crippen LogP contribution >= 0.6 is 0 Å². The summed E-state index contributed by atoms with van der Waals surface area (Å²) in [4.78, 5) is 0. The molecule has 0 saturated heterocycles. The van der Waals surface area contributed by atoms with Crippen LogP contribution in [0.15, 0.2) is 23.8 Å². The molecule has 0 heterocycles. The quantitative estimate of drug-likeness (QED) is 0.714. The predicted molar refractivity (Wildman–Crippen MR) is 65.6 cm³/mol. The van der Waals surface area contributed by atoms with Gasteiger partial charge in [0.25, 0.3) is 10.1 Å². The Bertz CT molecular complexity index is 404. The zero-order valence-corrected chi connectivity index (χ0v) is 11.2. The van der Waals surface area contributed by atoms with Gasteiger partial charge in [-0.25, -0.2) is 0 Å². The third-order valence-corrected chi connectivity index (χ3v) is 4.55. The summed E-state index contributed by atoms with van der Waals surface area (Å²) in [5.41, 5.74) is 1.09. The number of hydrogen-bond donors (Lipinski definition) is 0. The fraction of sp³-hybridized carbons (Fsp3) is 0.667. The highest BCUT2D eigenvalue weighted by molar-refractivity contribution is 7.88. The molecule has 3 nitrogen and oxygen atoms in total. The molecule has 1 aliphatic rings. The lowest BCUT2D eigenvalue weighted by molar-refractivity contribution is 0.266. The minimum Gasteiger partial charge on any atom is -0.269 e. The second-order valence-electron chi connectivity index (χ2n) is 4.93. The maximum atomic E-state index is 12.0. The smallest absolute Gasteiger partial charge is 0.269 e. The zero-order chi connectivity index (χ0) is 12.4. The van der Waals surface area contributed by atoms with Crippen LogP contribution in [0.1, 0.15) is 34.1 Å². The summed E-state index contributed by atoms with van der Waals surface area (Å²) in [7, 11) is -3.53. The Morgan fingerprint density at radius 3 is 2.56 bits per heavy atom. The van der Waals surface area contributed by atoms with E-state index in [1.807, 2.05) is 32.9 Å². The first-order valence-corrected chi connectivity index (χ1v) is 6.93. The molecule has 0 N–H and O–H groups in total.